The van der Waals surface area contributed by atoms with E-state index in [4.69, 9.17) is 0 Å². The summed E-state index contributed by atoms with van der Waals surface area (Å²) >= 11 is 1.62. The highest BCUT2D eigenvalue weighted by molar-refractivity contribution is 8.01. The van der Waals surface area contributed by atoms with E-state index in [0.29, 0.717) is 29.8 Å². The molecule has 2 aromatic rings. The zero-order valence-electron chi connectivity index (χ0n) is 16.4. The topological polar surface area (TPSA) is 58.6 Å². The van der Waals surface area contributed by atoms with Gasteiger partial charge in [0, 0.05) is 29.8 Å². The van der Waals surface area contributed by atoms with E-state index in [1.807, 2.05) is 37.3 Å². The van der Waals surface area contributed by atoms with E-state index >= 15 is 0 Å². The van der Waals surface area contributed by atoms with Crippen LogP contribution < -0.4 is 10.1 Å². The van der Waals surface area contributed by atoms with Crippen LogP contribution in [0.1, 0.15) is 30.9 Å². The molecule has 2 aliphatic heterocycles. The van der Waals surface area contributed by atoms with Gasteiger partial charge in [-0.3, -0.25) is 9.59 Å². The second kappa shape index (κ2) is 8.26. The standard InChI is InChI=1S/C22H22F2N2O3S/c1-22-10-9-19(27)26(22)17(13-30-22)20(28)25-16-7-8-18(29-21(23)24)15(12-16)11-14-5-3-2-4-6-14/h2-8,12,17,21H,9-11,13H2,1H3,(H,25,28). The van der Waals surface area contributed by atoms with Crippen LogP contribution >= 0.6 is 11.8 Å². The molecule has 2 amide bonds. The Morgan fingerprint density at radius 3 is 2.80 bits per heavy atom. The normalized spacial score (nSPS) is 23.0. The fourth-order valence-corrected chi connectivity index (χ4v) is 5.49. The molecule has 2 aliphatic rings. The van der Waals surface area contributed by atoms with Crippen LogP contribution in [0.15, 0.2) is 48.5 Å². The van der Waals surface area contributed by atoms with Gasteiger partial charge < -0.3 is 15.0 Å². The van der Waals surface area contributed by atoms with Crippen molar-refractivity contribution in [3.63, 3.8) is 0 Å². The van der Waals surface area contributed by atoms with Crippen LogP contribution in [0.3, 0.4) is 0 Å². The number of carbonyl (C=O) groups is 2. The number of amides is 2. The highest BCUT2D eigenvalue weighted by Gasteiger charge is 2.52. The summed E-state index contributed by atoms with van der Waals surface area (Å²) < 4.78 is 30.3. The predicted octanol–water partition coefficient (Wildman–Crippen LogP) is 4.27. The average molecular weight is 432 g/mol. The molecule has 0 spiro atoms. The number of nitrogens with zero attached hydrogens (tertiary/aromatic N) is 1. The summed E-state index contributed by atoms with van der Waals surface area (Å²) in [6, 6.07) is 13.5. The third kappa shape index (κ3) is 4.14. The largest absolute Gasteiger partial charge is 0.435 e. The molecule has 5 nitrogen and oxygen atoms in total. The number of fused-ring (bicyclic) bond motifs is 1. The summed E-state index contributed by atoms with van der Waals surface area (Å²) in [5.41, 5.74) is 1.96. The number of ether oxygens (including phenoxy) is 1. The van der Waals surface area contributed by atoms with Gasteiger partial charge in [-0.1, -0.05) is 30.3 Å². The van der Waals surface area contributed by atoms with Crippen molar-refractivity contribution in [1.82, 2.24) is 4.90 Å². The van der Waals surface area contributed by atoms with E-state index in [0.717, 1.165) is 12.0 Å². The first-order valence-electron chi connectivity index (χ1n) is 9.74. The Morgan fingerprint density at radius 1 is 1.30 bits per heavy atom. The van der Waals surface area contributed by atoms with Crippen molar-refractivity contribution in [2.24, 2.45) is 0 Å². The number of rotatable bonds is 6. The molecule has 2 aromatic carbocycles. The highest BCUT2D eigenvalue weighted by Crippen LogP contribution is 2.47. The molecule has 2 saturated heterocycles. The maximum Gasteiger partial charge on any atom is 0.387 e. The number of hydrogen-bond donors (Lipinski definition) is 1. The summed E-state index contributed by atoms with van der Waals surface area (Å²) in [5.74, 6) is 0.339. The van der Waals surface area contributed by atoms with Gasteiger partial charge in [-0.2, -0.15) is 8.78 Å². The molecular weight excluding hydrogens is 410 g/mol. The number of thioether (sulfide) groups is 1. The van der Waals surface area contributed by atoms with Gasteiger partial charge in [-0.25, -0.2) is 0 Å². The van der Waals surface area contributed by atoms with Gasteiger partial charge in [-0.15, -0.1) is 11.8 Å². The molecular formula is C22H22F2N2O3S. The fraction of sp³-hybridized carbons (Fsp3) is 0.364. The lowest BCUT2D eigenvalue weighted by molar-refractivity contribution is -0.135. The third-order valence-electron chi connectivity index (χ3n) is 5.53. The van der Waals surface area contributed by atoms with Crippen LogP contribution in [0.5, 0.6) is 5.75 Å². The molecule has 0 aliphatic carbocycles. The zero-order valence-corrected chi connectivity index (χ0v) is 17.3. The summed E-state index contributed by atoms with van der Waals surface area (Å²) in [6.07, 6.45) is 1.57. The maximum atomic E-state index is 12.9. The van der Waals surface area contributed by atoms with Crippen molar-refractivity contribution in [2.45, 2.75) is 43.7 Å². The molecule has 4 rings (SSSR count). The van der Waals surface area contributed by atoms with Crippen molar-refractivity contribution in [3.05, 3.63) is 59.7 Å². The van der Waals surface area contributed by atoms with Crippen molar-refractivity contribution in [3.8, 4) is 5.75 Å². The van der Waals surface area contributed by atoms with Gasteiger partial charge in [0.25, 0.3) is 0 Å². The van der Waals surface area contributed by atoms with Crippen molar-refractivity contribution in [1.29, 1.82) is 0 Å². The Morgan fingerprint density at radius 2 is 2.07 bits per heavy atom. The quantitative estimate of drug-likeness (QED) is 0.741. The van der Waals surface area contributed by atoms with E-state index in [9.17, 15) is 18.4 Å². The number of hydrogen-bond acceptors (Lipinski definition) is 4. The summed E-state index contributed by atoms with van der Waals surface area (Å²) in [6.45, 7) is -0.945. The van der Waals surface area contributed by atoms with Crippen LogP contribution in [0.2, 0.25) is 0 Å². The monoisotopic (exact) mass is 432 g/mol. The first-order chi connectivity index (χ1) is 14.4. The molecule has 2 unspecified atom stereocenters. The van der Waals surface area contributed by atoms with Crippen molar-refractivity contribution >= 4 is 29.3 Å². The molecule has 8 heteroatoms. The van der Waals surface area contributed by atoms with Gasteiger partial charge in [0.2, 0.25) is 11.8 Å². The van der Waals surface area contributed by atoms with Crippen LogP contribution in [-0.2, 0) is 16.0 Å². The fourth-order valence-electron chi connectivity index (χ4n) is 4.06. The molecule has 2 atom stereocenters. The average Bonchev–Trinajstić information content (AvgIpc) is 3.20. The maximum absolute atomic E-state index is 12.9. The lowest BCUT2D eigenvalue weighted by Crippen LogP contribution is -2.48. The smallest absolute Gasteiger partial charge is 0.387 e. The zero-order chi connectivity index (χ0) is 21.3. The van der Waals surface area contributed by atoms with E-state index in [2.05, 4.69) is 10.1 Å². The number of nitrogens with one attached hydrogen (secondary N) is 1. The van der Waals surface area contributed by atoms with Gasteiger partial charge in [-0.05, 0) is 37.1 Å². The Bertz CT molecular complexity index is 957. The number of alkyl halides is 2. The molecule has 0 aromatic heterocycles. The lowest BCUT2D eigenvalue weighted by Gasteiger charge is -2.29. The van der Waals surface area contributed by atoms with Crippen molar-refractivity contribution in [2.75, 3.05) is 11.1 Å². The highest BCUT2D eigenvalue weighted by atomic mass is 32.2. The van der Waals surface area contributed by atoms with Gasteiger partial charge >= 0.3 is 6.61 Å². The minimum absolute atomic E-state index is 0.00639. The molecule has 0 radical (unpaired) electrons. The predicted molar refractivity (Wildman–Crippen MR) is 112 cm³/mol. The number of carbonyl (C=O) groups excluding carboxylic acids is 2. The van der Waals surface area contributed by atoms with E-state index in [1.165, 1.54) is 12.1 Å². The molecule has 0 saturated carbocycles. The van der Waals surface area contributed by atoms with Gasteiger partial charge in [0.1, 0.15) is 11.8 Å². The Labute approximate surface area is 177 Å². The van der Waals surface area contributed by atoms with E-state index in [1.54, 1.807) is 22.7 Å². The minimum Gasteiger partial charge on any atom is -0.435 e. The second-order valence-electron chi connectivity index (χ2n) is 7.62. The summed E-state index contributed by atoms with van der Waals surface area (Å²) in [4.78, 5) is 26.5. The molecule has 2 fully saturated rings. The Balaban J connectivity index is 1.54. The Hall–Kier alpha value is -2.61. The molecule has 30 heavy (non-hydrogen) atoms. The summed E-state index contributed by atoms with van der Waals surface area (Å²) in [5, 5.41) is 2.85. The summed E-state index contributed by atoms with van der Waals surface area (Å²) in [7, 11) is 0. The Kier molecular flexibility index (Phi) is 5.69. The van der Waals surface area contributed by atoms with Crippen LogP contribution in [0.4, 0.5) is 14.5 Å². The van der Waals surface area contributed by atoms with Crippen molar-refractivity contribution < 1.29 is 23.1 Å². The van der Waals surface area contributed by atoms with Crippen LogP contribution in [0.25, 0.3) is 0 Å². The first-order valence-corrected chi connectivity index (χ1v) is 10.7. The second-order valence-corrected chi connectivity index (χ2v) is 9.12. The molecule has 0 bridgehead atoms. The van der Waals surface area contributed by atoms with Crippen LogP contribution in [0, 0.1) is 0 Å². The SMILES string of the molecule is CC12CCC(=O)N1C(C(=O)Nc1ccc(OC(F)F)c(Cc3ccccc3)c1)CS2. The van der Waals surface area contributed by atoms with Gasteiger partial charge in [0.15, 0.2) is 0 Å². The minimum atomic E-state index is -2.94. The molecule has 1 N–H and O–H groups in total. The number of anilines is 1. The van der Waals surface area contributed by atoms with E-state index in [-0.39, 0.29) is 22.4 Å². The van der Waals surface area contributed by atoms with Gasteiger partial charge in [0.05, 0.1) is 4.87 Å². The third-order valence-corrected chi connectivity index (χ3v) is 7.03. The van der Waals surface area contributed by atoms with E-state index < -0.39 is 12.7 Å². The first kappa shape index (κ1) is 20.7. The molecule has 2 heterocycles. The number of benzene rings is 2. The van der Waals surface area contributed by atoms with Crippen LogP contribution in [-0.4, -0.2) is 40.0 Å². The lowest BCUT2D eigenvalue weighted by atomic mass is 10.0. The molecule has 158 valence electrons. The number of halogens is 2.